The van der Waals surface area contributed by atoms with Crippen LogP contribution in [-0.2, 0) is 11.3 Å². The Labute approximate surface area is 81.1 Å². The van der Waals surface area contributed by atoms with Gasteiger partial charge in [-0.1, -0.05) is 5.92 Å². The van der Waals surface area contributed by atoms with Gasteiger partial charge in [0.05, 0.1) is 0 Å². The fourth-order valence-electron chi connectivity index (χ4n) is 1.42. The van der Waals surface area contributed by atoms with E-state index in [0.717, 1.165) is 11.1 Å². The van der Waals surface area contributed by atoms with Crippen molar-refractivity contribution in [1.82, 2.24) is 5.32 Å². The van der Waals surface area contributed by atoms with Crippen molar-refractivity contribution in [2.24, 2.45) is 0 Å². The van der Waals surface area contributed by atoms with Crippen LogP contribution in [0.4, 0.5) is 0 Å². The maximum absolute atomic E-state index is 11.2. The van der Waals surface area contributed by atoms with Gasteiger partial charge in [-0.25, -0.2) is 0 Å². The Morgan fingerprint density at radius 1 is 1.43 bits per heavy atom. The number of carbonyl (C=O) groups excluding carboxylic acids is 2. The Kier molecular flexibility index (Phi) is 2.04. The molecule has 0 radical (unpaired) electrons. The number of rotatable bonds is 0. The lowest BCUT2D eigenvalue weighted by Gasteiger charge is -1.95. The van der Waals surface area contributed by atoms with Gasteiger partial charge in [0.2, 0.25) is 0 Å². The van der Waals surface area contributed by atoms with Crippen molar-refractivity contribution in [2.75, 3.05) is 0 Å². The summed E-state index contributed by atoms with van der Waals surface area (Å²) >= 11 is 0. The van der Waals surface area contributed by atoms with Crippen molar-refractivity contribution in [3.8, 4) is 11.8 Å². The predicted octanol–water partition coefficient (Wildman–Crippen LogP) is 0.480. The molecule has 0 aromatic heterocycles. The van der Waals surface area contributed by atoms with Gasteiger partial charge in [-0.3, -0.25) is 9.59 Å². The van der Waals surface area contributed by atoms with Crippen LogP contribution in [0.15, 0.2) is 18.2 Å². The number of benzene rings is 1. The molecule has 0 spiro atoms. The Morgan fingerprint density at radius 2 is 2.29 bits per heavy atom. The lowest BCUT2D eigenvalue weighted by molar-refractivity contribution is -0.103. The minimum Gasteiger partial charge on any atom is -0.348 e. The van der Waals surface area contributed by atoms with Crippen LogP contribution >= 0.6 is 0 Å². The highest BCUT2D eigenvalue weighted by atomic mass is 16.1. The molecule has 3 nitrogen and oxygen atoms in total. The highest BCUT2D eigenvalue weighted by Gasteiger charge is 2.17. The molecule has 0 saturated carbocycles. The third-order valence-corrected chi connectivity index (χ3v) is 2.06. The van der Waals surface area contributed by atoms with Gasteiger partial charge in [-0.05, 0) is 29.7 Å². The summed E-state index contributed by atoms with van der Waals surface area (Å²) < 4.78 is 0. The minimum absolute atomic E-state index is 0.0464. The second kappa shape index (κ2) is 3.35. The first-order valence-corrected chi connectivity index (χ1v) is 4.17. The average molecular weight is 185 g/mol. The van der Waals surface area contributed by atoms with Crippen molar-refractivity contribution >= 4 is 12.2 Å². The van der Waals surface area contributed by atoms with Crippen molar-refractivity contribution in [3.05, 3.63) is 34.9 Å². The number of amides is 1. The molecule has 1 aliphatic rings. The topological polar surface area (TPSA) is 46.2 Å². The maximum Gasteiger partial charge on any atom is 0.251 e. The molecule has 68 valence electrons. The van der Waals surface area contributed by atoms with E-state index in [9.17, 15) is 9.59 Å². The molecule has 2 rings (SSSR count). The number of fused-ring (bicyclic) bond motifs is 1. The third kappa shape index (κ3) is 1.38. The van der Waals surface area contributed by atoms with Gasteiger partial charge in [-0.15, -0.1) is 0 Å². The summed E-state index contributed by atoms with van der Waals surface area (Å²) in [6.07, 6.45) is 0.552. The van der Waals surface area contributed by atoms with Crippen LogP contribution in [0.25, 0.3) is 0 Å². The van der Waals surface area contributed by atoms with Crippen LogP contribution in [-0.4, -0.2) is 12.2 Å². The molecule has 1 aromatic carbocycles. The van der Waals surface area contributed by atoms with E-state index >= 15 is 0 Å². The summed E-state index contributed by atoms with van der Waals surface area (Å²) in [6.45, 7) is 0.546. The number of hydrogen-bond acceptors (Lipinski definition) is 2. The Hall–Kier alpha value is -2.08. The van der Waals surface area contributed by atoms with E-state index in [0.29, 0.717) is 18.4 Å². The van der Waals surface area contributed by atoms with Crippen LogP contribution in [0.3, 0.4) is 0 Å². The van der Waals surface area contributed by atoms with E-state index in [-0.39, 0.29) is 5.91 Å². The van der Waals surface area contributed by atoms with E-state index in [4.69, 9.17) is 0 Å². The molecule has 0 bridgehead atoms. The molecular formula is C11H7NO2. The van der Waals surface area contributed by atoms with Gasteiger partial charge < -0.3 is 5.32 Å². The second-order valence-corrected chi connectivity index (χ2v) is 2.94. The second-order valence-electron chi connectivity index (χ2n) is 2.94. The van der Waals surface area contributed by atoms with Gasteiger partial charge >= 0.3 is 0 Å². The molecule has 1 heterocycles. The summed E-state index contributed by atoms with van der Waals surface area (Å²) in [6, 6.07) is 5.29. The van der Waals surface area contributed by atoms with Gasteiger partial charge in [-0.2, -0.15) is 0 Å². The Bertz CT molecular complexity index is 466. The number of hydrogen-bond donors (Lipinski definition) is 1. The van der Waals surface area contributed by atoms with E-state index in [1.807, 2.05) is 6.07 Å². The summed E-state index contributed by atoms with van der Waals surface area (Å²) in [5.41, 5.74) is 2.39. The summed E-state index contributed by atoms with van der Waals surface area (Å²) in [4.78, 5) is 21.2. The smallest absolute Gasteiger partial charge is 0.251 e. The lowest BCUT2D eigenvalue weighted by atomic mass is 10.1. The van der Waals surface area contributed by atoms with E-state index in [1.54, 1.807) is 12.1 Å². The molecule has 14 heavy (non-hydrogen) atoms. The fraction of sp³-hybridized carbons (Fsp3) is 0.0909. The maximum atomic E-state index is 11.2. The quantitative estimate of drug-likeness (QED) is 0.472. The van der Waals surface area contributed by atoms with Crippen LogP contribution in [0.1, 0.15) is 21.5 Å². The van der Waals surface area contributed by atoms with Gasteiger partial charge in [0.1, 0.15) is 0 Å². The zero-order valence-electron chi connectivity index (χ0n) is 7.33. The summed E-state index contributed by atoms with van der Waals surface area (Å²) in [5.74, 6) is 4.97. The molecule has 0 fully saturated rings. The van der Waals surface area contributed by atoms with Crippen molar-refractivity contribution in [2.45, 2.75) is 6.54 Å². The Morgan fingerprint density at radius 3 is 3.07 bits per heavy atom. The highest BCUT2D eigenvalue weighted by molar-refractivity contribution is 5.98. The van der Waals surface area contributed by atoms with Crippen LogP contribution in [0.5, 0.6) is 0 Å². The number of nitrogens with one attached hydrogen (secondary N) is 1. The van der Waals surface area contributed by atoms with Gasteiger partial charge in [0.25, 0.3) is 5.91 Å². The van der Waals surface area contributed by atoms with E-state index in [2.05, 4.69) is 17.2 Å². The molecule has 1 N–H and O–H groups in total. The lowest BCUT2D eigenvalue weighted by Crippen LogP contribution is -2.12. The van der Waals surface area contributed by atoms with Gasteiger partial charge in [0, 0.05) is 17.7 Å². The molecule has 1 amide bonds. The van der Waals surface area contributed by atoms with Crippen LogP contribution in [0, 0.1) is 11.8 Å². The largest absolute Gasteiger partial charge is 0.348 e. The summed E-state index contributed by atoms with van der Waals surface area (Å²) in [7, 11) is 0. The van der Waals surface area contributed by atoms with E-state index in [1.165, 1.54) is 0 Å². The molecular weight excluding hydrogens is 178 g/mol. The molecule has 0 atom stereocenters. The van der Waals surface area contributed by atoms with Crippen molar-refractivity contribution in [1.29, 1.82) is 0 Å². The molecule has 3 heteroatoms. The highest BCUT2D eigenvalue weighted by Crippen LogP contribution is 2.16. The average Bonchev–Trinajstić information content (AvgIpc) is 2.57. The molecule has 1 aromatic rings. The molecule has 1 aliphatic heterocycles. The first-order valence-electron chi connectivity index (χ1n) is 4.17. The van der Waals surface area contributed by atoms with Crippen LogP contribution < -0.4 is 5.32 Å². The summed E-state index contributed by atoms with van der Waals surface area (Å²) in [5, 5.41) is 2.71. The van der Waals surface area contributed by atoms with Crippen LogP contribution in [0.2, 0.25) is 0 Å². The SMILES string of the molecule is O=CC#Cc1ccc2c(c1)CNC2=O. The zero-order valence-corrected chi connectivity index (χ0v) is 7.33. The zero-order chi connectivity index (χ0) is 9.97. The van der Waals surface area contributed by atoms with Gasteiger partial charge in [0.15, 0.2) is 6.29 Å². The monoisotopic (exact) mass is 185 g/mol. The third-order valence-electron chi connectivity index (χ3n) is 2.06. The first-order chi connectivity index (χ1) is 6.81. The molecule has 0 unspecified atom stereocenters. The van der Waals surface area contributed by atoms with E-state index < -0.39 is 0 Å². The van der Waals surface area contributed by atoms with Crippen molar-refractivity contribution < 1.29 is 9.59 Å². The first kappa shape index (κ1) is 8.52. The standard InChI is InChI=1S/C11H7NO2/c13-5-1-2-8-3-4-10-9(6-8)7-12-11(10)14/h3-6H,7H2,(H,12,14). The minimum atomic E-state index is -0.0464. The number of carbonyl (C=O) groups is 2. The normalized spacial score (nSPS) is 12.4. The fourth-order valence-corrected chi connectivity index (χ4v) is 1.42. The Balaban J connectivity index is 2.42. The molecule has 0 saturated heterocycles. The van der Waals surface area contributed by atoms with Crippen molar-refractivity contribution in [3.63, 3.8) is 0 Å². The molecule has 0 aliphatic carbocycles. The number of aldehydes is 1. The predicted molar refractivity (Wildman–Crippen MR) is 50.6 cm³/mol.